The van der Waals surface area contributed by atoms with E-state index in [1.54, 1.807) is 4.90 Å². The fourth-order valence-corrected chi connectivity index (χ4v) is 3.14. The summed E-state index contributed by atoms with van der Waals surface area (Å²) in [5.74, 6) is 1.07. The van der Waals surface area contributed by atoms with Crippen molar-refractivity contribution in [2.24, 2.45) is 5.92 Å². The Hall–Kier alpha value is -2.04. The molecular weight excluding hydrogens is 280 g/mol. The van der Waals surface area contributed by atoms with Crippen LogP contribution in [0.15, 0.2) is 18.2 Å². The number of ether oxygens (including phenoxy) is 1. The van der Waals surface area contributed by atoms with Crippen molar-refractivity contribution in [3.8, 4) is 5.75 Å². The average molecular weight is 302 g/mol. The van der Waals surface area contributed by atoms with E-state index >= 15 is 0 Å². The molecule has 1 saturated heterocycles. The molecule has 22 heavy (non-hydrogen) atoms. The number of benzene rings is 1. The number of fused-ring (bicyclic) bond motifs is 1. The first-order valence-electron chi connectivity index (χ1n) is 7.86. The van der Waals surface area contributed by atoms with E-state index in [0.717, 1.165) is 25.1 Å². The minimum absolute atomic E-state index is 0.000254. The van der Waals surface area contributed by atoms with Gasteiger partial charge in [-0.25, -0.2) is 0 Å². The van der Waals surface area contributed by atoms with E-state index in [1.807, 2.05) is 30.0 Å². The first-order valence-corrected chi connectivity index (χ1v) is 7.86. The molecule has 0 saturated carbocycles. The van der Waals surface area contributed by atoms with Gasteiger partial charge in [0, 0.05) is 13.1 Å². The van der Waals surface area contributed by atoms with Crippen molar-refractivity contribution in [3.63, 3.8) is 0 Å². The Morgan fingerprint density at radius 3 is 3.00 bits per heavy atom. The fraction of sp³-hybridized carbons (Fsp3) is 0.529. The summed E-state index contributed by atoms with van der Waals surface area (Å²) >= 11 is 0. The number of likely N-dealkylation sites (tertiary alicyclic amines) is 1. The van der Waals surface area contributed by atoms with E-state index in [9.17, 15) is 9.59 Å². The lowest BCUT2D eigenvalue weighted by Crippen LogP contribution is -2.48. The third-order valence-electron chi connectivity index (χ3n) is 4.36. The van der Waals surface area contributed by atoms with E-state index in [0.29, 0.717) is 17.4 Å². The van der Waals surface area contributed by atoms with Crippen LogP contribution >= 0.6 is 0 Å². The van der Waals surface area contributed by atoms with Gasteiger partial charge in [0.25, 0.3) is 5.91 Å². The zero-order valence-electron chi connectivity index (χ0n) is 13.2. The lowest BCUT2D eigenvalue weighted by atomic mass is 10.0. The molecule has 2 heterocycles. The molecule has 0 bridgehead atoms. The normalized spacial score (nSPS) is 21.4. The predicted molar refractivity (Wildman–Crippen MR) is 84.0 cm³/mol. The summed E-state index contributed by atoms with van der Waals surface area (Å²) in [6, 6.07) is 5.71. The molecule has 2 aliphatic heterocycles. The molecule has 0 unspecified atom stereocenters. The van der Waals surface area contributed by atoms with Crippen LogP contribution in [0.4, 0.5) is 5.69 Å². The number of carbonyl (C=O) groups is 2. The second kappa shape index (κ2) is 5.99. The third kappa shape index (κ3) is 2.93. The van der Waals surface area contributed by atoms with Crippen LogP contribution in [0, 0.1) is 12.8 Å². The van der Waals surface area contributed by atoms with Crippen molar-refractivity contribution in [2.75, 3.05) is 31.1 Å². The van der Waals surface area contributed by atoms with Gasteiger partial charge in [-0.05, 0) is 43.4 Å². The minimum Gasteiger partial charge on any atom is -0.482 e. The summed E-state index contributed by atoms with van der Waals surface area (Å²) in [6.07, 6.45) is 2.21. The molecule has 1 aromatic rings. The summed E-state index contributed by atoms with van der Waals surface area (Å²) in [4.78, 5) is 28.2. The summed E-state index contributed by atoms with van der Waals surface area (Å²) < 4.78 is 5.45. The molecule has 1 atom stereocenters. The van der Waals surface area contributed by atoms with Crippen LogP contribution in [0.25, 0.3) is 0 Å². The molecule has 1 aromatic carbocycles. The number of carbonyl (C=O) groups excluding carboxylic acids is 2. The fourth-order valence-electron chi connectivity index (χ4n) is 3.14. The van der Waals surface area contributed by atoms with Crippen molar-refractivity contribution in [2.45, 2.75) is 26.7 Å². The highest BCUT2D eigenvalue weighted by atomic mass is 16.5. The highest BCUT2D eigenvalue weighted by molar-refractivity contribution is 6.02. The van der Waals surface area contributed by atoms with Gasteiger partial charge in [-0.3, -0.25) is 14.5 Å². The Bertz CT molecular complexity index is 600. The number of anilines is 1. The van der Waals surface area contributed by atoms with Crippen LogP contribution in [0.2, 0.25) is 0 Å². The van der Waals surface area contributed by atoms with Crippen molar-refractivity contribution in [1.82, 2.24) is 4.90 Å². The van der Waals surface area contributed by atoms with Gasteiger partial charge >= 0.3 is 0 Å². The molecule has 5 heteroatoms. The van der Waals surface area contributed by atoms with Crippen LogP contribution in [0.3, 0.4) is 0 Å². The van der Waals surface area contributed by atoms with Gasteiger partial charge in [-0.1, -0.05) is 13.0 Å². The lowest BCUT2D eigenvalue weighted by Gasteiger charge is -2.34. The number of hydrogen-bond acceptors (Lipinski definition) is 3. The minimum atomic E-state index is -0.156. The lowest BCUT2D eigenvalue weighted by molar-refractivity contribution is -0.133. The maximum Gasteiger partial charge on any atom is 0.265 e. The largest absolute Gasteiger partial charge is 0.482 e. The number of nitrogens with zero attached hydrogens (tertiary/aromatic N) is 2. The predicted octanol–water partition coefficient (Wildman–Crippen LogP) is 1.98. The monoisotopic (exact) mass is 302 g/mol. The van der Waals surface area contributed by atoms with Gasteiger partial charge in [0.15, 0.2) is 6.61 Å². The molecule has 5 nitrogen and oxygen atoms in total. The number of aryl methyl sites for hydroxylation is 1. The maximum absolute atomic E-state index is 12.5. The van der Waals surface area contributed by atoms with Gasteiger partial charge in [0.05, 0.1) is 5.69 Å². The summed E-state index contributed by atoms with van der Waals surface area (Å²) in [5.41, 5.74) is 1.75. The van der Waals surface area contributed by atoms with Gasteiger partial charge in [0.1, 0.15) is 12.3 Å². The molecule has 0 radical (unpaired) electrons. The Labute approximate surface area is 130 Å². The van der Waals surface area contributed by atoms with Gasteiger partial charge in [0.2, 0.25) is 5.91 Å². The standard InChI is InChI=1S/C17H22N2O3/c1-12-5-6-15-14(8-12)19(17(21)11-22-15)10-16(20)18-7-3-4-13(2)9-18/h5-6,8,13H,3-4,7,9-11H2,1-2H3/t13-/m1/s1. The Balaban J connectivity index is 1.78. The SMILES string of the molecule is Cc1ccc2c(c1)N(CC(=O)N1CCC[C@@H](C)C1)C(=O)CO2. The maximum atomic E-state index is 12.5. The summed E-state index contributed by atoms with van der Waals surface area (Å²) in [5, 5.41) is 0. The number of rotatable bonds is 2. The van der Waals surface area contributed by atoms with Crippen LogP contribution in [0.1, 0.15) is 25.3 Å². The number of hydrogen-bond donors (Lipinski definition) is 0. The topological polar surface area (TPSA) is 49.9 Å². The molecule has 3 rings (SSSR count). The molecule has 0 N–H and O–H groups in total. The molecule has 0 aliphatic carbocycles. The Morgan fingerprint density at radius 2 is 2.23 bits per heavy atom. The van der Waals surface area contributed by atoms with Crippen LogP contribution in [-0.4, -0.2) is 43.0 Å². The molecule has 1 fully saturated rings. The van der Waals surface area contributed by atoms with Crippen LogP contribution < -0.4 is 9.64 Å². The smallest absolute Gasteiger partial charge is 0.265 e. The van der Waals surface area contributed by atoms with Crippen LogP contribution in [0.5, 0.6) is 5.75 Å². The zero-order valence-corrected chi connectivity index (χ0v) is 13.2. The van der Waals surface area contributed by atoms with Gasteiger partial charge < -0.3 is 9.64 Å². The van der Waals surface area contributed by atoms with E-state index in [-0.39, 0.29) is 25.0 Å². The second-order valence-electron chi connectivity index (χ2n) is 6.33. The highest BCUT2D eigenvalue weighted by Crippen LogP contribution is 2.32. The first-order chi connectivity index (χ1) is 10.5. The number of piperidine rings is 1. The van der Waals surface area contributed by atoms with Gasteiger partial charge in [-0.2, -0.15) is 0 Å². The second-order valence-corrected chi connectivity index (χ2v) is 6.33. The zero-order chi connectivity index (χ0) is 15.7. The quantitative estimate of drug-likeness (QED) is 0.839. The van der Waals surface area contributed by atoms with E-state index in [4.69, 9.17) is 4.74 Å². The highest BCUT2D eigenvalue weighted by Gasteiger charge is 2.30. The first kappa shape index (κ1) is 14.9. The molecule has 118 valence electrons. The van der Waals surface area contributed by atoms with Gasteiger partial charge in [-0.15, -0.1) is 0 Å². The van der Waals surface area contributed by atoms with Crippen molar-refractivity contribution >= 4 is 17.5 Å². The van der Waals surface area contributed by atoms with E-state index in [2.05, 4.69) is 6.92 Å². The number of amides is 2. The molecule has 0 aromatic heterocycles. The molecule has 2 aliphatic rings. The molecule has 2 amide bonds. The van der Waals surface area contributed by atoms with E-state index in [1.165, 1.54) is 6.42 Å². The molecular formula is C17H22N2O3. The van der Waals surface area contributed by atoms with E-state index < -0.39 is 0 Å². The van der Waals surface area contributed by atoms with Crippen molar-refractivity contribution in [3.05, 3.63) is 23.8 Å². The average Bonchev–Trinajstić information content (AvgIpc) is 2.50. The Morgan fingerprint density at radius 1 is 1.41 bits per heavy atom. The molecule has 0 spiro atoms. The summed E-state index contributed by atoms with van der Waals surface area (Å²) in [7, 11) is 0. The third-order valence-corrected chi connectivity index (χ3v) is 4.36. The van der Waals surface area contributed by atoms with Crippen LogP contribution in [-0.2, 0) is 9.59 Å². The van der Waals surface area contributed by atoms with Crippen molar-refractivity contribution in [1.29, 1.82) is 0 Å². The summed E-state index contributed by atoms with van der Waals surface area (Å²) in [6.45, 7) is 5.81. The Kier molecular flexibility index (Phi) is 4.05. The van der Waals surface area contributed by atoms with Crippen molar-refractivity contribution < 1.29 is 14.3 Å².